The predicted molar refractivity (Wildman–Crippen MR) is 189 cm³/mol. The fourth-order valence-corrected chi connectivity index (χ4v) is 5.85. The number of methoxy groups -OCH3 is 1. The van der Waals surface area contributed by atoms with Gasteiger partial charge in [0.05, 0.1) is 41.5 Å². The van der Waals surface area contributed by atoms with Crippen molar-refractivity contribution < 1.29 is 47.0 Å². The Morgan fingerprint density at radius 2 is 1.58 bits per heavy atom. The van der Waals surface area contributed by atoms with Crippen molar-refractivity contribution in [2.75, 3.05) is 41.2 Å². The molecule has 0 bridgehead atoms. The van der Waals surface area contributed by atoms with Crippen LogP contribution in [-0.4, -0.2) is 80.9 Å². The molecule has 1 heterocycles. The summed E-state index contributed by atoms with van der Waals surface area (Å²) in [4.78, 5) is 67.3. The van der Waals surface area contributed by atoms with Crippen LogP contribution in [-0.2, 0) is 34.6 Å². The van der Waals surface area contributed by atoms with Crippen molar-refractivity contribution in [3.8, 4) is 5.75 Å². The Labute approximate surface area is 293 Å². The molecule has 0 saturated carbocycles. The maximum atomic E-state index is 13.9. The van der Waals surface area contributed by atoms with Crippen LogP contribution in [0.25, 0.3) is 0 Å². The number of imide groups is 1. The van der Waals surface area contributed by atoms with Gasteiger partial charge in [-0.05, 0) is 83.4 Å². The third-order valence-corrected chi connectivity index (χ3v) is 9.74. The number of amides is 4. The summed E-state index contributed by atoms with van der Waals surface area (Å²) in [5, 5.41) is 12.6. The van der Waals surface area contributed by atoms with Gasteiger partial charge in [-0.2, -0.15) is 0 Å². The molecule has 1 aliphatic rings. The van der Waals surface area contributed by atoms with Crippen molar-refractivity contribution in [3.63, 3.8) is 0 Å². The standard InChI is InChI=1S/C35H48N4O10S/c1-21(35(8,9)30(42)43)39-27(40)16-17-37(32(39)45)24-18-25(28(48-10)26(19-24)33(2,3)4)29(41)36-22-12-14-23(15-13-22)38(50(11,46)47)20-49-31(44)34(5,6)7/h12-15,18-19,21H,16-17,20H2,1-11H3,(H,36,41)(H,42,43). The third-order valence-electron chi connectivity index (χ3n) is 8.62. The molecule has 0 spiro atoms. The van der Waals surface area contributed by atoms with Gasteiger partial charge in [-0.3, -0.25) is 29.0 Å². The molecule has 2 aromatic carbocycles. The molecule has 274 valence electrons. The fourth-order valence-electron chi connectivity index (χ4n) is 5.10. The zero-order valence-electron chi connectivity index (χ0n) is 30.5. The SMILES string of the molecule is COc1c(C(=O)Nc2ccc(N(COC(=O)C(C)(C)C)S(C)(=O)=O)cc2)cc(N2CCC(=O)N(C(C)C(C)(C)C(=O)O)C2=O)cc1C(C)(C)C. The van der Waals surface area contributed by atoms with Gasteiger partial charge in [-0.15, -0.1) is 0 Å². The first-order chi connectivity index (χ1) is 22.8. The van der Waals surface area contributed by atoms with E-state index in [0.29, 0.717) is 16.9 Å². The summed E-state index contributed by atoms with van der Waals surface area (Å²) in [7, 11) is -2.42. The van der Waals surface area contributed by atoms with Gasteiger partial charge in [0.15, 0.2) is 6.73 Å². The Hall–Kier alpha value is -4.66. The number of nitrogens with one attached hydrogen (secondary N) is 1. The van der Waals surface area contributed by atoms with Crippen LogP contribution in [0.5, 0.6) is 5.75 Å². The van der Waals surface area contributed by atoms with E-state index in [1.807, 2.05) is 20.8 Å². The number of rotatable bonds is 11. The van der Waals surface area contributed by atoms with Gasteiger partial charge in [0.25, 0.3) is 5.91 Å². The summed E-state index contributed by atoms with van der Waals surface area (Å²) in [6.45, 7) is 14.6. The Morgan fingerprint density at radius 1 is 1.00 bits per heavy atom. The Morgan fingerprint density at radius 3 is 2.06 bits per heavy atom. The third kappa shape index (κ3) is 8.55. The maximum absolute atomic E-state index is 13.9. The molecule has 1 unspecified atom stereocenters. The molecule has 1 fully saturated rings. The lowest BCUT2D eigenvalue weighted by atomic mass is 9.83. The van der Waals surface area contributed by atoms with Crippen LogP contribution in [0.1, 0.15) is 84.7 Å². The van der Waals surface area contributed by atoms with Crippen LogP contribution in [0.4, 0.5) is 21.9 Å². The average Bonchev–Trinajstić information content (AvgIpc) is 2.99. The number of carbonyl (C=O) groups is 5. The summed E-state index contributed by atoms with van der Waals surface area (Å²) in [6.07, 6.45) is 0.923. The highest BCUT2D eigenvalue weighted by molar-refractivity contribution is 7.92. The van der Waals surface area contributed by atoms with Crippen LogP contribution in [0, 0.1) is 10.8 Å². The number of carboxylic acid groups (broad SMARTS) is 1. The summed E-state index contributed by atoms with van der Waals surface area (Å²) < 4.78 is 37.0. The summed E-state index contributed by atoms with van der Waals surface area (Å²) in [6, 6.07) is 7.39. The number of nitrogens with zero attached hydrogens (tertiary/aromatic N) is 3. The Kier molecular flexibility index (Phi) is 11.4. The minimum Gasteiger partial charge on any atom is -0.496 e. The van der Waals surface area contributed by atoms with Crippen molar-refractivity contribution in [3.05, 3.63) is 47.5 Å². The molecule has 1 saturated heterocycles. The smallest absolute Gasteiger partial charge is 0.331 e. The van der Waals surface area contributed by atoms with Gasteiger partial charge in [-0.25, -0.2) is 17.5 Å². The zero-order valence-corrected chi connectivity index (χ0v) is 31.4. The predicted octanol–water partition coefficient (Wildman–Crippen LogP) is 5.22. The van der Waals surface area contributed by atoms with E-state index in [9.17, 15) is 37.5 Å². The van der Waals surface area contributed by atoms with E-state index in [4.69, 9.17) is 9.47 Å². The topological polar surface area (TPSA) is 180 Å². The maximum Gasteiger partial charge on any atom is 0.331 e. The van der Waals surface area contributed by atoms with Gasteiger partial charge in [0, 0.05) is 29.9 Å². The number of hydrogen-bond donors (Lipinski definition) is 2. The normalized spacial score (nSPS) is 15.0. The van der Waals surface area contributed by atoms with Crippen LogP contribution >= 0.6 is 0 Å². The van der Waals surface area contributed by atoms with E-state index < -0.39 is 68.8 Å². The van der Waals surface area contributed by atoms with Gasteiger partial charge < -0.3 is 19.9 Å². The highest BCUT2D eigenvalue weighted by atomic mass is 32.2. The molecule has 50 heavy (non-hydrogen) atoms. The number of aliphatic carboxylic acids is 1. The molecule has 2 aromatic rings. The first-order valence-corrected chi connectivity index (χ1v) is 17.8. The molecule has 0 radical (unpaired) electrons. The first-order valence-electron chi connectivity index (χ1n) is 16.0. The van der Waals surface area contributed by atoms with Crippen LogP contribution in [0.2, 0.25) is 0 Å². The number of sulfonamides is 1. The molecule has 2 N–H and O–H groups in total. The minimum atomic E-state index is -3.84. The van der Waals surface area contributed by atoms with Crippen molar-refractivity contribution in [2.45, 2.75) is 80.2 Å². The summed E-state index contributed by atoms with van der Waals surface area (Å²) in [5.41, 5.74) is -1.34. The van der Waals surface area contributed by atoms with E-state index in [1.54, 1.807) is 26.8 Å². The number of anilines is 3. The quantitative estimate of drug-likeness (QED) is 0.231. The zero-order chi connectivity index (χ0) is 38.1. The summed E-state index contributed by atoms with van der Waals surface area (Å²) >= 11 is 0. The second kappa shape index (κ2) is 14.3. The van der Waals surface area contributed by atoms with Crippen LogP contribution in [0.15, 0.2) is 36.4 Å². The van der Waals surface area contributed by atoms with Crippen LogP contribution in [0.3, 0.4) is 0 Å². The highest BCUT2D eigenvalue weighted by Gasteiger charge is 2.45. The second-order valence-electron chi connectivity index (χ2n) is 14.9. The number of carbonyl (C=O) groups excluding carboxylic acids is 4. The van der Waals surface area contributed by atoms with Crippen LogP contribution < -0.4 is 19.3 Å². The molecular formula is C35H48N4O10S. The Bertz CT molecular complexity index is 1770. The molecule has 0 aliphatic carbocycles. The molecule has 1 aliphatic heterocycles. The van der Waals surface area contributed by atoms with E-state index in [1.165, 1.54) is 63.1 Å². The monoisotopic (exact) mass is 716 g/mol. The van der Waals surface area contributed by atoms with Gasteiger partial charge in [0.1, 0.15) is 5.75 Å². The second-order valence-corrected chi connectivity index (χ2v) is 16.8. The van der Waals surface area contributed by atoms with E-state index in [0.717, 1.165) is 15.5 Å². The lowest BCUT2D eigenvalue weighted by Gasteiger charge is -2.42. The van der Waals surface area contributed by atoms with E-state index in [2.05, 4.69) is 5.32 Å². The Balaban J connectivity index is 2.01. The van der Waals surface area contributed by atoms with E-state index >= 15 is 0 Å². The molecule has 0 aromatic heterocycles. The number of esters is 1. The number of urea groups is 1. The fraction of sp³-hybridized carbons (Fsp3) is 0.514. The molecule has 3 rings (SSSR count). The number of hydrogen-bond acceptors (Lipinski definition) is 9. The lowest BCUT2D eigenvalue weighted by Crippen LogP contribution is -2.60. The number of benzene rings is 2. The van der Waals surface area contributed by atoms with Gasteiger partial charge in [0.2, 0.25) is 15.9 Å². The number of ether oxygens (including phenoxy) is 2. The summed E-state index contributed by atoms with van der Waals surface area (Å²) in [5.74, 6) is -2.58. The van der Waals surface area contributed by atoms with Gasteiger partial charge >= 0.3 is 18.0 Å². The van der Waals surface area contributed by atoms with Gasteiger partial charge in [-0.1, -0.05) is 20.8 Å². The van der Waals surface area contributed by atoms with Crippen molar-refractivity contribution in [1.82, 2.24) is 4.90 Å². The highest BCUT2D eigenvalue weighted by Crippen LogP contribution is 2.40. The average molecular weight is 717 g/mol. The van der Waals surface area contributed by atoms with Crippen molar-refractivity contribution in [2.24, 2.45) is 10.8 Å². The number of carboxylic acids is 1. The van der Waals surface area contributed by atoms with Crippen molar-refractivity contribution in [1.29, 1.82) is 0 Å². The largest absolute Gasteiger partial charge is 0.496 e. The lowest BCUT2D eigenvalue weighted by molar-refractivity contribution is -0.153. The molecule has 14 nitrogen and oxygen atoms in total. The van der Waals surface area contributed by atoms with E-state index in [-0.39, 0.29) is 30.0 Å². The first kappa shape index (κ1) is 39.8. The molecule has 15 heteroatoms. The minimum absolute atomic E-state index is 0.00865. The molecule has 1 atom stereocenters. The molecule has 4 amide bonds. The molecular weight excluding hydrogens is 668 g/mol. The van der Waals surface area contributed by atoms with Crippen molar-refractivity contribution >= 4 is 56.9 Å².